The molecule has 1 aromatic heterocycles. The van der Waals surface area contributed by atoms with Crippen LogP contribution in [-0.2, 0) is 6.42 Å². The lowest BCUT2D eigenvalue weighted by Gasteiger charge is -2.13. The summed E-state index contributed by atoms with van der Waals surface area (Å²) in [4.78, 5) is 29.4. The van der Waals surface area contributed by atoms with Crippen molar-refractivity contribution in [1.29, 1.82) is 0 Å². The predicted octanol–water partition coefficient (Wildman–Crippen LogP) is 4.47. The summed E-state index contributed by atoms with van der Waals surface area (Å²) in [6.45, 7) is 3.99. The van der Waals surface area contributed by atoms with Crippen molar-refractivity contribution in [3.8, 4) is 5.75 Å². The van der Waals surface area contributed by atoms with E-state index in [0.29, 0.717) is 17.0 Å². The van der Waals surface area contributed by atoms with Crippen molar-refractivity contribution in [3.63, 3.8) is 0 Å². The van der Waals surface area contributed by atoms with Crippen LogP contribution in [0.3, 0.4) is 0 Å². The minimum absolute atomic E-state index is 0.154. The van der Waals surface area contributed by atoms with Crippen LogP contribution in [0.2, 0.25) is 0 Å². The van der Waals surface area contributed by atoms with Gasteiger partial charge in [0.05, 0.1) is 7.11 Å². The lowest BCUT2D eigenvalue weighted by atomic mass is 10.1. The number of pyridine rings is 1. The van der Waals surface area contributed by atoms with Gasteiger partial charge >= 0.3 is 0 Å². The first-order valence-corrected chi connectivity index (χ1v) is 9.33. The lowest BCUT2D eigenvalue weighted by Crippen LogP contribution is -2.18. The summed E-state index contributed by atoms with van der Waals surface area (Å²) in [5.74, 6) is -0.0567. The molecule has 0 saturated carbocycles. The molecule has 29 heavy (non-hydrogen) atoms. The molecule has 1 heterocycles. The lowest BCUT2D eigenvalue weighted by molar-refractivity contribution is 0.102. The number of amides is 2. The van der Waals surface area contributed by atoms with Gasteiger partial charge in [0.2, 0.25) is 0 Å². The molecule has 0 saturated heterocycles. The summed E-state index contributed by atoms with van der Waals surface area (Å²) in [5, 5.41) is 5.72. The number of rotatable bonds is 6. The van der Waals surface area contributed by atoms with Crippen LogP contribution < -0.4 is 15.4 Å². The van der Waals surface area contributed by atoms with Gasteiger partial charge in [-0.3, -0.25) is 14.6 Å². The first-order valence-electron chi connectivity index (χ1n) is 9.33. The second-order valence-electron chi connectivity index (χ2n) is 6.53. The van der Waals surface area contributed by atoms with Gasteiger partial charge in [-0.1, -0.05) is 31.2 Å². The summed E-state index contributed by atoms with van der Waals surface area (Å²) in [6, 6.07) is 16.0. The smallest absolute Gasteiger partial charge is 0.274 e. The molecule has 148 valence electrons. The van der Waals surface area contributed by atoms with E-state index in [2.05, 4.69) is 15.6 Å². The molecule has 0 unspecified atom stereocenters. The first kappa shape index (κ1) is 20.1. The van der Waals surface area contributed by atoms with Crippen LogP contribution in [0.1, 0.15) is 38.9 Å². The molecule has 0 atom stereocenters. The highest BCUT2D eigenvalue weighted by molar-refractivity contribution is 6.08. The van der Waals surface area contributed by atoms with Gasteiger partial charge in [-0.15, -0.1) is 0 Å². The average Bonchev–Trinajstić information content (AvgIpc) is 2.75. The third kappa shape index (κ3) is 4.79. The fourth-order valence-electron chi connectivity index (χ4n) is 2.98. The molecule has 0 fully saturated rings. The monoisotopic (exact) mass is 389 g/mol. The molecule has 6 nitrogen and oxygen atoms in total. The number of carbonyl (C=O) groups is 2. The van der Waals surface area contributed by atoms with E-state index in [-0.39, 0.29) is 11.6 Å². The van der Waals surface area contributed by atoms with Gasteiger partial charge in [0.25, 0.3) is 11.8 Å². The minimum atomic E-state index is -0.405. The quantitative estimate of drug-likeness (QED) is 0.652. The third-order valence-corrected chi connectivity index (χ3v) is 4.56. The molecule has 0 aliphatic rings. The number of nitrogens with zero attached hydrogens (tertiary/aromatic N) is 1. The van der Waals surface area contributed by atoms with Gasteiger partial charge in [-0.25, -0.2) is 0 Å². The van der Waals surface area contributed by atoms with Crippen LogP contribution in [-0.4, -0.2) is 23.9 Å². The predicted molar refractivity (Wildman–Crippen MR) is 114 cm³/mol. The SMILES string of the molecule is CCc1cccc(C)c1NC(=O)c1ccnc(C(=O)Nc2cccc(OC)c2)c1. The highest BCUT2D eigenvalue weighted by atomic mass is 16.5. The van der Waals surface area contributed by atoms with Gasteiger partial charge in [0.1, 0.15) is 11.4 Å². The number of carbonyl (C=O) groups excluding carboxylic acids is 2. The van der Waals surface area contributed by atoms with Gasteiger partial charge in [0, 0.05) is 29.2 Å². The van der Waals surface area contributed by atoms with E-state index in [0.717, 1.165) is 23.2 Å². The highest BCUT2D eigenvalue weighted by Gasteiger charge is 2.14. The van der Waals surface area contributed by atoms with Crippen LogP contribution in [0, 0.1) is 6.92 Å². The number of benzene rings is 2. The molecule has 0 aliphatic heterocycles. The van der Waals surface area contributed by atoms with E-state index in [1.54, 1.807) is 37.4 Å². The van der Waals surface area contributed by atoms with Gasteiger partial charge < -0.3 is 15.4 Å². The number of anilines is 2. The Labute approximate surface area is 169 Å². The maximum Gasteiger partial charge on any atom is 0.274 e. The molecule has 0 aliphatic carbocycles. The van der Waals surface area contributed by atoms with Crippen LogP contribution in [0.5, 0.6) is 5.75 Å². The van der Waals surface area contributed by atoms with E-state index in [1.807, 2.05) is 32.0 Å². The number of nitrogens with one attached hydrogen (secondary N) is 2. The number of ether oxygens (including phenoxy) is 1. The molecule has 0 bridgehead atoms. The van der Waals surface area contributed by atoms with Crippen molar-refractivity contribution in [2.24, 2.45) is 0 Å². The zero-order valence-electron chi connectivity index (χ0n) is 16.7. The second-order valence-corrected chi connectivity index (χ2v) is 6.53. The van der Waals surface area contributed by atoms with Crippen molar-refractivity contribution >= 4 is 23.2 Å². The summed E-state index contributed by atoms with van der Waals surface area (Å²) >= 11 is 0. The van der Waals surface area contributed by atoms with E-state index >= 15 is 0 Å². The summed E-state index contributed by atoms with van der Waals surface area (Å²) < 4.78 is 5.16. The molecular formula is C23H23N3O3. The molecule has 3 aromatic rings. The number of hydrogen-bond donors (Lipinski definition) is 2. The van der Waals surface area contributed by atoms with Crippen LogP contribution in [0.4, 0.5) is 11.4 Å². The maximum atomic E-state index is 12.8. The Morgan fingerprint density at radius 2 is 1.79 bits per heavy atom. The van der Waals surface area contributed by atoms with Gasteiger partial charge in [-0.2, -0.15) is 0 Å². The Balaban J connectivity index is 1.78. The molecule has 6 heteroatoms. The second kappa shape index (κ2) is 9.01. The Bertz CT molecular complexity index is 1050. The first-order chi connectivity index (χ1) is 14.0. The fourth-order valence-corrected chi connectivity index (χ4v) is 2.98. The van der Waals surface area contributed by atoms with Crippen LogP contribution in [0.25, 0.3) is 0 Å². The molecule has 2 N–H and O–H groups in total. The number of aromatic nitrogens is 1. The highest BCUT2D eigenvalue weighted by Crippen LogP contribution is 2.22. The Morgan fingerprint density at radius 1 is 1.00 bits per heavy atom. The number of para-hydroxylation sites is 1. The van der Waals surface area contributed by atoms with E-state index in [9.17, 15) is 9.59 Å². The topological polar surface area (TPSA) is 80.3 Å². The summed E-state index contributed by atoms with van der Waals surface area (Å²) in [7, 11) is 1.56. The normalized spacial score (nSPS) is 10.3. The van der Waals surface area contributed by atoms with E-state index < -0.39 is 5.91 Å². The van der Waals surface area contributed by atoms with E-state index in [4.69, 9.17) is 4.74 Å². The van der Waals surface area contributed by atoms with Crippen molar-refractivity contribution < 1.29 is 14.3 Å². The average molecular weight is 389 g/mol. The third-order valence-electron chi connectivity index (χ3n) is 4.56. The van der Waals surface area contributed by atoms with Crippen LogP contribution in [0.15, 0.2) is 60.8 Å². The van der Waals surface area contributed by atoms with E-state index in [1.165, 1.54) is 12.3 Å². The van der Waals surface area contributed by atoms with Gasteiger partial charge in [0.15, 0.2) is 0 Å². The number of methoxy groups -OCH3 is 1. The molecule has 2 aromatic carbocycles. The summed E-state index contributed by atoms with van der Waals surface area (Å²) in [5.41, 5.74) is 3.95. The zero-order chi connectivity index (χ0) is 20.8. The Kier molecular flexibility index (Phi) is 6.24. The minimum Gasteiger partial charge on any atom is -0.497 e. The molecule has 0 spiro atoms. The summed E-state index contributed by atoms with van der Waals surface area (Å²) in [6.07, 6.45) is 2.26. The van der Waals surface area contributed by atoms with Gasteiger partial charge in [-0.05, 0) is 48.7 Å². The Morgan fingerprint density at radius 3 is 2.55 bits per heavy atom. The molecule has 3 rings (SSSR count). The standard InChI is InChI=1S/C23H23N3O3/c1-4-16-8-5-7-15(2)21(16)26-22(27)17-11-12-24-20(13-17)23(28)25-18-9-6-10-19(14-18)29-3/h5-14H,4H2,1-3H3,(H,25,28)(H,26,27). The molecule has 2 amide bonds. The number of hydrogen-bond acceptors (Lipinski definition) is 4. The largest absolute Gasteiger partial charge is 0.497 e. The fraction of sp³-hybridized carbons (Fsp3) is 0.174. The van der Waals surface area contributed by atoms with Crippen molar-refractivity contribution in [1.82, 2.24) is 4.98 Å². The number of aryl methyl sites for hydroxylation is 2. The zero-order valence-corrected chi connectivity index (χ0v) is 16.7. The Hall–Kier alpha value is -3.67. The maximum absolute atomic E-state index is 12.8. The van der Waals surface area contributed by atoms with Crippen molar-refractivity contribution in [2.45, 2.75) is 20.3 Å². The molecular weight excluding hydrogens is 366 g/mol. The van der Waals surface area contributed by atoms with Crippen LogP contribution >= 0.6 is 0 Å². The molecule has 0 radical (unpaired) electrons. The van der Waals surface area contributed by atoms with Crippen molar-refractivity contribution in [2.75, 3.05) is 17.7 Å². The van der Waals surface area contributed by atoms with Crippen molar-refractivity contribution in [3.05, 3.63) is 83.2 Å².